The Morgan fingerprint density at radius 1 is 1.33 bits per heavy atom. The molecule has 0 radical (unpaired) electrons. The van der Waals surface area contributed by atoms with Crippen LogP contribution >= 0.6 is 0 Å². The van der Waals surface area contributed by atoms with Gasteiger partial charge in [0.25, 0.3) is 0 Å². The highest BCUT2D eigenvalue weighted by Gasteiger charge is 2.26. The van der Waals surface area contributed by atoms with Crippen molar-refractivity contribution in [2.75, 3.05) is 26.6 Å². The first-order valence-corrected chi connectivity index (χ1v) is 8.35. The molecular weight excluding hydrogens is 306 g/mol. The maximum Gasteiger partial charge on any atom is 0.189 e. The summed E-state index contributed by atoms with van der Waals surface area (Å²) in [6.45, 7) is 4.21. The van der Waals surface area contributed by atoms with E-state index in [4.69, 9.17) is 14.2 Å². The molecular formula is C19H25NO4. The highest BCUT2D eigenvalue weighted by Crippen LogP contribution is 2.25. The second kappa shape index (κ2) is 8.44. The highest BCUT2D eigenvalue weighted by atomic mass is 16.7. The van der Waals surface area contributed by atoms with Crippen molar-refractivity contribution in [3.8, 4) is 0 Å². The Hall–Kier alpha value is -1.66. The Balaban J connectivity index is 1.64. The number of benzene rings is 1. The average Bonchev–Trinajstić information content (AvgIpc) is 3.12. The van der Waals surface area contributed by atoms with Gasteiger partial charge in [0, 0.05) is 6.04 Å². The molecule has 2 aliphatic heterocycles. The van der Waals surface area contributed by atoms with Crippen LogP contribution < -0.4 is 5.32 Å². The maximum atomic E-state index is 9.57. The summed E-state index contributed by atoms with van der Waals surface area (Å²) in [5.41, 5.74) is 3.59. The van der Waals surface area contributed by atoms with Crippen LogP contribution in [0.3, 0.4) is 0 Å². The van der Waals surface area contributed by atoms with Crippen LogP contribution in [0.1, 0.15) is 18.9 Å². The molecule has 1 aromatic rings. The van der Waals surface area contributed by atoms with Crippen LogP contribution in [0.25, 0.3) is 0 Å². The fraction of sp³-hybridized carbons (Fsp3) is 0.474. The van der Waals surface area contributed by atoms with Crippen LogP contribution in [0.5, 0.6) is 0 Å². The van der Waals surface area contributed by atoms with Crippen LogP contribution in [0, 0.1) is 0 Å². The molecule has 0 aliphatic carbocycles. The molecule has 0 saturated carbocycles. The number of hydrogen-bond acceptors (Lipinski definition) is 5. The summed E-state index contributed by atoms with van der Waals surface area (Å²) in [6.07, 6.45) is 2.83. The van der Waals surface area contributed by atoms with E-state index in [9.17, 15) is 5.11 Å². The van der Waals surface area contributed by atoms with Gasteiger partial charge in [-0.15, -0.1) is 0 Å². The highest BCUT2D eigenvalue weighted by molar-refractivity contribution is 5.33. The Kier molecular flexibility index (Phi) is 6.04. The van der Waals surface area contributed by atoms with Crippen molar-refractivity contribution in [3.63, 3.8) is 0 Å². The van der Waals surface area contributed by atoms with Crippen molar-refractivity contribution < 1.29 is 19.3 Å². The van der Waals surface area contributed by atoms with E-state index in [2.05, 4.69) is 30.4 Å². The van der Waals surface area contributed by atoms with Gasteiger partial charge in [-0.1, -0.05) is 35.9 Å². The first-order chi connectivity index (χ1) is 11.8. The summed E-state index contributed by atoms with van der Waals surface area (Å²) < 4.78 is 16.5. The molecule has 5 nitrogen and oxygen atoms in total. The molecule has 1 aromatic carbocycles. The number of rotatable bonds is 6. The van der Waals surface area contributed by atoms with Gasteiger partial charge in [-0.05, 0) is 30.6 Å². The first kappa shape index (κ1) is 17.2. The molecule has 0 spiro atoms. The molecule has 24 heavy (non-hydrogen) atoms. The van der Waals surface area contributed by atoms with Crippen LogP contribution in [0.2, 0.25) is 0 Å². The molecule has 5 heteroatoms. The van der Waals surface area contributed by atoms with Gasteiger partial charge in [-0.3, -0.25) is 0 Å². The third-order valence-corrected chi connectivity index (χ3v) is 4.46. The van der Waals surface area contributed by atoms with Crippen LogP contribution in [-0.2, 0) is 20.8 Å². The molecule has 1 saturated heterocycles. The zero-order valence-electron chi connectivity index (χ0n) is 14.0. The number of hydrogen-bond donors (Lipinski definition) is 2. The van der Waals surface area contributed by atoms with Crippen LogP contribution in [-0.4, -0.2) is 43.8 Å². The van der Waals surface area contributed by atoms with Crippen molar-refractivity contribution in [1.82, 2.24) is 5.32 Å². The smallest absolute Gasteiger partial charge is 0.189 e. The molecule has 2 N–H and O–H groups in total. The Bertz CT molecular complexity index is 589. The summed E-state index contributed by atoms with van der Waals surface area (Å²) >= 11 is 0. The number of allylic oxidation sites excluding steroid dienone is 1. The van der Waals surface area contributed by atoms with Crippen molar-refractivity contribution in [2.45, 2.75) is 32.0 Å². The molecule has 130 valence electrons. The van der Waals surface area contributed by atoms with Gasteiger partial charge >= 0.3 is 0 Å². The van der Waals surface area contributed by atoms with E-state index < -0.39 is 0 Å². The van der Waals surface area contributed by atoms with E-state index in [1.54, 1.807) is 0 Å². The fourth-order valence-electron chi connectivity index (χ4n) is 3.03. The van der Waals surface area contributed by atoms with E-state index in [-0.39, 0.29) is 18.7 Å². The number of nitrogens with one attached hydrogen (secondary N) is 1. The molecule has 0 aromatic heterocycles. The molecule has 0 bridgehead atoms. The lowest BCUT2D eigenvalue weighted by molar-refractivity contribution is 0.0799. The van der Waals surface area contributed by atoms with Gasteiger partial charge in [0.15, 0.2) is 6.79 Å². The van der Waals surface area contributed by atoms with E-state index in [0.717, 1.165) is 17.7 Å². The topological polar surface area (TPSA) is 60.0 Å². The summed E-state index contributed by atoms with van der Waals surface area (Å²) in [5.74, 6) is 0.854. The van der Waals surface area contributed by atoms with E-state index in [1.807, 2.05) is 18.2 Å². The minimum Gasteiger partial charge on any atom is -0.469 e. The van der Waals surface area contributed by atoms with E-state index in [0.29, 0.717) is 26.6 Å². The second-order valence-electron chi connectivity index (χ2n) is 6.23. The van der Waals surface area contributed by atoms with E-state index >= 15 is 0 Å². The lowest BCUT2D eigenvalue weighted by Crippen LogP contribution is -2.47. The standard InChI is InChI=1S/C19H25NO4/c1-14-16(8-18-11-23-13-24-18)7-17(9-21)20-19(14)12-22-10-15-5-3-2-4-6-15/h2-6,8,17,19-21H,7,9-13H2,1H3. The predicted molar refractivity (Wildman–Crippen MR) is 91.2 cm³/mol. The van der Waals surface area contributed by atoms with Gasteiger partial charge in [0.2, 0.25) is 0 Å². The lowest BCUT2D eigenvalue weighted by atomic mass is 9.91. The minimum atomic E-state index is 0.0354. The van der Waals surface area contributed by atoms with Gasteiger partial charge in [0.05, 0.1) is 25.9 Å². The van der Waals surface area contributed by atoms with Gasteiger partial charge in [-0.25, -0.2) is 0 Å². The number of aliphatic hydroxyl groups excluding tert-OH is 1. The zero-order chi connectivity index (χ0) is 16.8. The van der Waals surface area contributed by atoms with Crippen molar-refractivity contribution in [1.29, 1.82) is 0 Å². The Labute approximate surface area is 142 Å². The largest absolute Gasteiger partial charge is 0.469 e. The van der Waals surface area contributed by atoms with Crippen molar-refractivity contribution in [3.05, 3.63) is 58.9 Å². The molecule has 2 unspecified atom stereocenters. The average molecular weight is 331 g/mol. The third kappa shape index (κ3) is 4.45. The molecule has 0 amide bonds. The fourth-order valence-corrected chi connectivity index (χ4v) is 3.03. The SMILES string of the molecule is CC1=C(C=C2COCO2)CC(CO)NC1COCc1ccccc1. The normalized spacial score (nSPS) is 26.0. The summed E-state index contributed by atoms with van der Waals surface area (Å²) in [7, 11) is 0. The molecule has 1 fully saturated rings. The third-order valence-electron chi connectivity index (χ3n) is 4.46. The number of aliphatic hydroxyl groups is 1. The maximum absolute atomic E-state index is 9.57. The number of ether oxygens (including phenoxy) is 3. The monoisotopic (exact) mass is 331 g/mol. The summed E-state index contributed by atoms with van der Waals surface area (Å²) in [4.78, 5) is 0. The summed E-state index contributed by atoms with van der Waals surface area (Å²) in [5, 5.41) is 13.0. The lowest BCUT2D eigenvalue weighted by Gasteiger charge is -2.32. The van der Waals surface area contributed by atoms with E-state index in [1.165, 1.54) is 11.1 Å². The van der Waals surface area contributed by atoms with Gasteiger partial charge in [-0.2, -0.15) is 0 Å². The molecule has 3 rings (SSSR count). The predicted octanol–water partition coefficient (Wildman–Crippen LogP) is 2.13. The first-order valence-electron chi connectivity index (χ1n) is 8.35. The molecule has 2 heterocycles. The van der Waals surface area contributed by atoms with Gasteiger partial charge < -0.3 is 24.6 Å². The Morgan fingerprint density at radius 3 is 2.88 bits per heavy atom. The van der Waals surface area contributed by atoms with Crippen molar-refractivity contribution >= 4 is 0 Å². The van der Waals surface area contributed by atoms with Gasteiger partial charge in [0.1, 0.15) is 12.4 Å². The van der Waals surface area contributed by atoms with Crippen LogP contribution in [0.4, 0.5) is 0 Å². The van der Waals surface area contributed by atoms with Crippen LogP contribution in [0.15, 0.2) is 53.3 Å². The zero-order valence-corrected chi connectivity index (χ0v) is 14.0. The Morgan fingerprint density at radius 2 is 2.17 bits per heavy atom. The quantitative estimate of drug-likeness (QED) is 0.836. The summed E-state index contributed by atoms with van der Waals surface area (Å²) in [6, 6.07) is 10.3. The molecule has 2 aliphatic rings. The second-order valence-corrected chi connectivity index (χ2v) is 6.23. The minimum absolute atomic E-state index is 0.0354. The molecule has 2 atom stereocenters. The van der Waals surface area contributed by atoms with Crippen molar-refractivity contribution in [2.24, 2.45) is 0 Å².